The van der Waals surface area contributed by atoms with Gasteiger partial charge in [0.05, 0.1) is 16.8 Å². The van der Waals surface area contributed by atoms with Crippen molar-refractivity contribution in [1.82, 2.24) is 15.4 Å². The Morgan fingerprint density at radius 1 is 1.21 bits per heavy atom. The summed E-state index contributed by atoms with van der Waals surface area (Å²) >= 11 is 0. The molecule has 0 aliphatic carbocycles. The van der Waals surface area contributed by atoms with Gasteiger partial charge in [0.2, 0.25) is 0 Å². The number of carbonyl (C=O) groups excluding carboxylic acids is 1. The van der Waals surface area contributed by atoms with Gasteiger partial charge in [-0.25, -0.2) is 10.4 Å². The zero-order chi connectivity index (χ0) is 16.9. The molecular weight excluding hydrogens is 300 g/mol. The molecule has 0 unspecified atom stereocenters. The number of fused-ring (bicyclic) bond motifs is 1. The van der Waals surface area contributed by atoms with Crippen molar-refractivity contribution in [2.24, 2.45) is 5.10 Å². The van der Waals surface area contributed by atoms with Crippen LogP contribution in [0.25, 0.3) is 22.2 Å². The molecule has 1 amide bonds. The van der Waals surface area contributed by atoms with Crippen molar-refractivity contribution < 1.29 is 4.79 Å². The summed E-state index contributed by atoms with van der Waals surface area (Å²) in [5, 5.41) is 4.91. The molecule has 120 valence electrons. The van der Waals surface area contributed by atoms with Crippen LogP contribution in [0, 0.1) is 0 Å². The highest BCUT2D eigenvalue weighted by atomic mass is 16.2. The highest BCUT2D eigenvalue weighted by molar-refractivity contribution is 6.07. The van der Waals surface area contributed by atoms with Crippen LogP contribution in [0.3, 0.4) is 0 Å². The molecule has 5 heteroatoms. The van der Waals surface area contributed by atoms with Gasteiger partial charge in [0.25, 0.3) is 5.91 Å². The van der Waals surface area contributed by atoms with Gasteiger partial charge >= 0.3 is 0 Å². The van der Waals surface area contributed by atoms with Crippen LogP contribution in [0.4, 0.5) is 0 Å². The van der Waals surface area contributed by atoms with Crippen LogP contribution in [0.2, 0.25) is 0 Å². The number of nitrogens with one attached hydrogen (secondary N) is 1. The van der Waals surface area contributed by atoms with Crippen molar-refractivity contribution in [2.75, 3.05) is 0 Å². The Balaban J connectivity index is 2.10. The molecule has 3 rings (SSSR count). The number of amides is 1. The summed E-state index contributed by atoms with van der Waals surface area (Å²) in [4.78, 5) is 21.4. The third kappa shape index (κ3) is 3.30. The summed E-state index contributed by atoms with van der Waals surface area (Å²) in [7, 11) is 0. The number of aromatic nitrogens is 2. The highest BCUT2D eigenvalue weighted by Gasteiger charge is 2.13. The average Bonchev–Trinajstić information content (AvgIpc) is 2.65. The zero-order valence-electron chi connectivity index (χ0n) is 13.7. The highest BCUT2D eigenvalue weighted by Crippen LogP contribution is 2.24. The molecule has 0 bridgehead atoms. The lowest BCUT2D eigenvalue weighted by Crippen LogP contribution is -2.19. The fourth-order valence-corrected chi connectivity index (χ4v) is 2.31. The number of hydrogen-bond acceptors (Lipinski definition) is 4. The molecule has 0 atom stereocenters. The van der Waals surface area contributed by atoms with Gasteiger partial charge in [-0.1, -0.05) is 25.1 Å². The molecule has 3 aromatic rings. The normalized spacial score (nSPS) is 11.5. The molecule has 0 radical (unpaired) electrons. The van der Waals surface area contributed by atoms with Crippen molar-refractivity contribution in [3.8, 4) is 11.3 Å². The van der Waals surface area contributed by atoms with E-state index in [1.165, 1.54) is 0 Å². The number of hydrazone groups is 1. The van der Waals surface area contributed by atoms with E-state index in [2.05, 4.69) is 20.5 Å². The molecule has 1 N–H and O–H groups in total. The quantitative estimate of drug-likeness (QED) is 0.587. The van der Waals surface area contributed by atoms with Gasteiger partial charge in [-0.2, -0.15) is 5.10 Å². The number of hydrogen-bond donors (Lipinski definition) is 1. The standard InChI is InChI=1S/C19H18N4O/c1-3-13(2)22-23-19(24)16-11-18(14-7-6-10-20-12-14)21-17-9-5-4-8-15(16)17/h4-12H,3H2,1-2H3,(H,23,24)/b22-13-. The van der Waals surface area contributed by atoms with Crippen LogP contribution < -0.4 is 5.43 Å². The van der Waals surface area contributed by atoms with E-state index in [9.17, 15) is 4.79 Å². The number of nitrogens with zero attached hydrogens (tertiary/aromatic N) is 3. The van der Waals surface area contributed by atoms with Crippen LogP contribution >= 0.6 is 0 Å². The minimum atomic E-state index is -0.244. The van der Waals surface area contributed by atoms with Gasteiger partial charge in [0, 0.05) is 29.1 Å². The lowest BCUT2D eigenvalue weighted by Gasteiger charge is -2.09. The zero-order valence-corrected chi connectivity index (χ0v) is 13.7. The Hall–Kier alpha value is -3.08. The maximum atomic E-state index is 12.6. The fraction of sp³-hybridized carbons (Fsp3) is 0.158. The predicted molar refractivity (Wildman–Crippen MR) is 95.8 cm³/mol. The van der Waals surface area contributed by atoms with E-state index in [1.807, 2.05) is 50.2 Å². The molecule has 0 aliphatic rings. The number of pyridine rings is 2. The van der Waals surface area contributed by atoms with Crippen molar-refractivity contribution >= 4 is 22.5 Å². The third-order valence-electron chi connectivity index (χ3n) is 3.78. The minimum absolute atomic E-state index is 0.244. The SMILES string of the molecule is CC/C(C)=N\NC(=O)c1cc(-c2cccnc2)nc2ccccc12. The summed E-state index contributed by atoms with van der Waals surface area (Å²) in [6.07, 6.45) is 4.23. The first-order valence-electron chi connectivity index (χ1n) is 7.82. The van der Waals surface area contributed by atoms with E-state index in [4.69, 9.17) is 0 Å². The molecule has 0 saturated heterocycles. The molecule has 24 heavy (non-hydrogen) atoms. The average molecular weight is 318 g/mol. The van der Waals surface area contributed by atoms with Crippen LogP contribution in [0.5, 0.6) is 0 Å². The van der Waals surface area contributed by atoms with Gasteiger partial charge in [0.1, 0.15) is 0 Å². The summed E-state index contributed by atoms with van der Waals surface area (Å²) in [5.74, 6) is -0.244. The van der Waals surface area contributed by atoms with E-state index in [1.54, 1.807) is 18.5 Å². The summed E-state index contributed by atoms with van der Waals surface area (Å²) < 4.78 is 0. The van der Waals surface area contributed by atoms with Crippen LogP contribution in [-0.4, -0.2) is 21.6 Å². The molecule has 2 heterocycles. The van der Waals surface area contributed by atoms with E-state index in [0.717, 1.165) is 28.6 Å². The first kappa shape index (κ1) is 15.8. The van der Waals surface area contributed by atoms with Crippen molar-refractivity contribution in [3.05, 3.63) is 60.4 Å². The van der Waals surface area contributed by atoms with E-state index in [-0.39, 0.29) is 5.91 Å². The molecule has 5 nitrogen and oxygen atoms in total. The second kappa shape index (κ2) is 7.00. The van der Waals surface area contributed by atoms with Crippen LogP contribution in [0.15, 0.2) is 60.0 Å². The smallest absolute Gasteiger partial charge is 0.267 e. The van der Waals surface area contributed by atoms with Gasteiger partial charge in [-0.3, -0.25) is 9.78 Å². The topological polar surface area (TPSA) is 67.2 Å². The summed E-state index contributed by atoms with van der Waals surface area (Å²) in [6.45, 7) is 3.87. The van der Waals surface area contributed by atoms with Gasteiger partial charge < -0.3 is 0 Å². The monoisotopic (exact) mass is 318 g/mol. The minimum Gasteiger partial charge on any atom is -0.267 e. The maximum Gasteiger partial charge on any atom is 0.272 e. The molecule has 1 aromatic carbocycles. The Morgan fingerprint density at radius 3 is 2.79 bits per heavy atom. The molecular formula is C19H18N4O. The first-order valence-corrected chi connectivity index (χ1v) is 7.82. The second-order valence-electron chi connectivity index (χ2n) is 5.46. The Bertz CT molecular complexity index is 904. The fourth-order valence-electron chi connectivity index (χ4n) is 2.31. The maximum absolute atomic E-state index is 12.6. The summed E-state index contributed by atoms with van der Waals surface area (Å²) in [5.41, 5.74) is 6.39. The van der Waals surface area contributed by atoms with E-state index < -0.39 is 0 Å². The van der Waals surface area contributed by atoms with Crippen molar-refractivity contribution in [2.45, 2.75) is 20.3 Å². The predicted octanol–water partition coefficient (Wildman–Crippen LogP) is 3.81. The van der Waals surface area contributed by atoms with Crippen LogP contribution in [0.1, 0.15) is 30.6 Å². The number of carbonyl (C=O) groups is 1. The molecule has 2 aromatic heterocycles. The molecule has 0 spiro atoms. The van der Waals surface area contributed by atoms with Gasteiger partial charge in [-0.15, -0.1) is 0 Å². The second-order valence-corrected chi connectivity index (χ2v) is 5.46. The summed E-state index contributed by atoms with van der Waals surface area (Å²) in [6, 6.07) is 13.1. The van der Waals surface area contributed by atoms with E-state index >= 15 is 0 Å². The van der Waals surface area contributed by atoms with Crippen molar-refractivity contribution in [1.29, 1.82) is 0 Å². The lowest BCUT2D eigenvalue weighted by atomic mass is 10.0. The van der Waals surface area contributed by atoms with E-state index in [0.29, 0.717) is 11.3 Å². The Labute approximate surface area is 140 Å². The van der Waals surface area contributed by atoms with Gasteiger partial charge in [0.15, 0.2) is 0 Å². The van der Waals surface area contributed by atoms with Gasteiger partial charge in [-0.05, 0) is 37.6 Å². The Morgan fingerprint density at radius 2 is 2.04 bits per heavy atom. The molecule has 0 aliphatic heterocycles. The Kier molecular flexibility index (Phi) is 4.61. The molecule has 0 saturated carbocycles. The lowest BCUT2D eigenvalue weighted by molar-refractivity contribution is 0.0956. The third-order valence-corrected chi connectivity index (χ3v) is 3.78. The number of benzene rings is 1. The molecule has 0 fully saturated rings. The van der Waals surface area contributed by atoms with Crippen LogP contribution in [-0.2, 0) is 0 Å². The van der Waals surface area contributed by atoms with Crippen molar-refractivity contribution in [3.63, 3.8) is 0 Å². The number of para-hydroxylation sites is 1. The largest absolute Gasteiger partial charge is 0.272 e. The number of rotatable bonds is 4. The first-order chi connectivity index (χ1) is 11.7.